The molecule has 3 amide bonds. The molecular weight excluding hydrogens is 330 g/mol. The van der Waals surface area contributed by atoms with E-state index in [-0.39, 0.29) is 23.5 Å². The number of piperidine rings is 1. The van der Waals surface area contributed by atoms with E-state index in [0.717, 1.165) is 5.75 Å². The molecule has 0 radical (unpaired) electrons. The number of rotatable bonds is 7. The molecule has 0 unspecified atom stereocenters. The monoisotopic (exact) mass is 353 g/mol. The third kappa shape index (κ3) is 4.77. The van der Waals surface area contributed by atoms with Crippen molar-refractivity contribution >= 4 is 29.5 Å². The minimum absolute atomic E-state index is 0.119. The molecule has 2 rings (SSSR count). The summed E-state index contributed by atoms with van der Waals surface area (Å²) in [6.07, 6.45) is 5.06. The lowest BCUT2D eigenvalue weighted by molar-refractivity contribution is -0.136. The maximum absolute atomic E-state index is 12.7. The number of carbonyl (C=O) groups excluding carboxylic acids is 3. The number of amides is 3. The number of primary amides is 1. The summed E-state index contributed by atoms with van der Waals surface area (Å²) in [5.41, 5.74) is 5.32. The van der Waals surface area contributed by atoms with E-state index in [1.165, 1.54) is 6.26 Å². The van der Waals surface area contributed by atoms with E-state index in [4.69, 9.17) is 10.2 Å². The van der Waals surface area contributed by atoms with Crippen LogP contribution in [0.2, 0.25) is 0 Å². The molecule has 0 saturated carbocycles. The maximum Gasteiger partial charge on any atom is 0.287 e. The highest BCUT2D eigenvalue weighted by Crippen LogP contribution is 2.18. The number of nitrogens with zero attached hydrogens (tertiary/aromatic N) is 1. The van der Waals surface area contributed by atoms with Crippen LogP contribution >= 0.6 is 11.8 Å². The first-order chi connectivity index (χ1) is 11.5. The molecule has 1 saturated heterocycles. The molecule has 1 aromatic heterocycles. The van der Waals surface area contributed by atoms with E-state index in [1.54, 1.807) is 28.8 Å². The Kier molecular flexibility index (Phi) is 6.72. The molecular formula is C16H23N3O4S. The van der Waals surface area contributed by atoms with E-state index < -0.39 is 11.9 Å². The molecule has 1 aromatic rings. The summed E-state index contributed by atoms with van der Waals surface area (Å²) >= 11 is 1.62. The topological polar surface area (TPSA) is 106 Å². The van der Waals surface area contributed by atoms with Crippen molar-refractivity contribution in [1.82, 2.24) is 10.2 Å². The van der Waals surface area contributed by atoms with Crippen molar-refractivity contribution in [3.8, 4) is 0 Å². The molecule has 8 heteroatoms. The van der Waals surface area contributed by atoms with Gasteiger partial charge in [-0.25, -0.2) is 0 Å². The average molecular weight is 353 g/mol. The molecule has 132 valence electrons. The van der Waals surface area contributed by atoms with Crippen molar-refractivity contribution in [3.05, 3.63) is 24.2 Å². The van der Waals surface area contributed by atoms with Crippen LogP contribution in [0.3, 0.4) is 0 Å². The van der Waals surface area contributed by atoms with Crippen molar-refractivity contribution < 1.29 is 18.8 Å². The van der Waals surface area contributed by atoms with Crippen LogP contribution in [0.25, 0.3) is 0 Å². The molecule has 1 fully saturated rings. The summed E-state index contributed by atoms with van der Waals surface area (Å²) in [6.45, 7) is 0.970. The fraction of sp³-hybridized carbons (Fsp3) is 0.562. The Balaban J connectivity index is 1.97. The zero-order valence-corrected chi connectivity index (χ0v) is 14.5. The summed E-state index contributed by atoms with van der Waals surface area (Å²) < 4.78 is 5.07. The van der Waals surface area contributed by atoms with Gasteiger partial charge in [0.15, 0.2) is 5.76 Å². The first-order valence-electron chi connectivity index (χ1n) is 7.94. The van der Waals surface area contributed by atoms with Gasteiger partial charge in [0.25, 0.3) is 5.91 Å². The summed E-state index contributed by atoms with van der Waals surface area (Å²) in [4.78, 5) is 37.8. The number of furan rings is 1. The predicted octanol–water partition coefficient (Wildman–Crippen LogP) is 0.855. The number of carbonyl (C=O) groups is 3. The lowest BCUT2D eigenvalue weighted by Crippen LogP contribution is -2.51. The van der Waals surface area contributed by atoms with Gasteiger partial charge in [0.1, 0.15) is 6.04 Å². The van der Waals surface area contributed by atoms with Crippen LogP contribution in [0, 0.1) is 5.92 Å². The molecule has 7 nitrogen and oxygen atoms in total. The van der Waals surface area contributed by atoms with Gasteiger partial charge in [-0.15, -0.1) is 0 Å². The van der Waals surface area contributed by atoms with Crippen molar-refractivity contribution in [2.45, 2.75) is 25.3 Å². The Hall–Kier alpha value is -1.96. The van der Waals surface area contributed by atoms with Crippen LogP contribution in [0.5, 0.6) is 0 Å². The lowest BCUT2D eigenvalue weighted by atomic mass is 9.95. The minimum atomic E-state index is -0.597. The van der Waals surface area contributed by atoms with Crippen LogP contribution in [0.15, 0.2) is 22.8 Å². The first kappa shape index (κ1) is 18.4. The molecule has 0 aromatic carbocycles. The summed E-state index contributed by atoms with van der Waals surface area (Å²) in [5, 5.41) is 2.76. The van der Waals surface area contributed by atoms with Gasteiger partial charge in [0.2, 0.25) is 11.8 Å². The Bertz CT molecular complexity index is 568. The second kappa shape index (κ2) is 8.77. The maximum atomic E-state index is 12.7. The first-order valence-corrected chi connectivity index (χ1v) is 9.33. The molecule has 24 heavy (non-hydrogen) atoms. The van der Waals surface area contributed by atoms with Gasteiger partial charge in [0, 0.05) is 19.0 Å². The fourth-order valence-electron chi connectivity index (χ4n) is 2.73. The number of nitrogens with two attached hydrogens (primary N) is 1. The van der Waals surface area contributed by atoms with E-state index in [2.05, 4.69) is 5.32 Å². The molecule has 3 N–H and O–H groups in total. The minimum Gasteiger partial charge on any atom is -0.459 e. The van der Waals surface area contributed by atoms with Crippen LogP contribution < -0.4 is 11.1 Å². The molecule has 2 heterocycles. The molecule has 0 aliphatic carbocycles. The molecule has 0 spiro atoms. The number of hydrogen-bond acceptors (Lipinski definition) is 5. The van der Waals surface area contributed by atoms with Gasteiger partial charge in [0.05, 0.1) is 6.26 Å². The normalized spacial score (nSPS) is 16.6. The predicted molar refractivity (Wildman–Crippen MR) is 91.5 cm³/mol. The fourth-order valence-corrected chi connectivity index (χ4v) is 3.21. The second-order valence-electron chi connectivity index (χ2n) is 5.79. The Morgan fingerprint density at radius 1 is 1.42 bits per heavy atom. The SMILES string of the molecule is CSCC[C@@H](NC(=O)c1ccco1)C(=O)N1CCC(C(N)=O)CC1. The highest BCUT2D eigenvalue weighted by atomic mass is 32.2. The Morgan fingerprint density at radius 2 is 2.12 bits per heavy atom. The standard InChI is InChI=1S/C16H23N3O4S/c1-24-10-6-12(18-15(21)13-3-2-9-23-13)16(22)19-7-4-11(5-8-19)14(17)20/h2-3,9,11-12H,4-8,10H2,1H3,(H2,17,20)(H,18,21)/t12-/m1/s1. The lowest BCUT2D eigenvalue weighted by Gasteiger charge is -2.33. The van der Waals surface area contributed by atoms with Crippen LogP contribution in [-0.4, -0.2) is 53.8 Å². The number of thioether (sulfide) groups is 1. The number of hydrogen-bond donors (Lipinski definition) is 2. The summed E-state index contributed by atoms with van der Waals surface area (Å²) in [5.74, 6) is -0.0571. The molecule has 1 aliphatic rings. The third-order valence-electron chi connectivity index (χ3n) is 4.17. The van der Waals surface area contributed by atoms with Gasteiger partial charge in [-0.1, -0.05) is 0 Å². The third-order valence-corrected chi connectivity index (χ3v) is 4.81. The van der Waals surface area contributed by atoms with Gasteiger partial charge < -0.3 is 20.4 Å². The molecule has 1 atom stereocenters. The zero-order valence-electron chi connectivity index (χ0n) is 13.7. The van der Waals surface area contributed by atoms with Crippen LogP contribution in [0.4, 0.5) is 0 Å². The number of likely N-dealkylation sites (tertiary alicyclic amines) is 1. The van der Waals surface area contributed by atoms with Crippen LogP contribution in [0.1, 0.15) is 29.8 Å². The van der Waals surface area contributed by atoms with Crippen molar-refractivity contribution in [2.24, 2.45) is 11.7 Å². The van der Waals surface area contributed by atoms with Crippen LogP contribution in [-0.2, 0) is 9.59 Å². The van der Waals surface area contributed by atoms with Gasteiger partial charge in [-0.05, 0) is 43.4 Å². The zero-order chi connectivity index (χ0) is 17.5. The van der Waals surface area contributed by atoms with Gasteiger partial charge in [-0.2, -0.15) is 11.8 Å². The van der Waals surface area contributed by atoms with Crippen molar-refractivity contribution in [2.75, 3.05) is 25.1 Å². The van der Waals surface area contributed by atoms with Gasteiger partial charge >= 0.3 is 0 Å². The van der Waals surface area contributed by atoms with Gasteiger partial charge in [-0.3, -0.25) is 14.4 Å². The van der Waals surface area contributed by atoms with E-state index >= 15 is 0 Å². The highest BCUT2D eigenvalue weighted by Gasteiger charge is 2.31. The smallest absolute Gasteiger partial charge is 0.287 e. The molecule has 1 aliphatic heterocycles. The van der Waals surface area contributed by atoms with E-state index in [1.807, 2.05) is 6.26 Å². The van der Waals surface area contributed by atoms with E-state index in [0.29, 0.717) is 32.4 Å². The largest absolute Gasteiger partial charge is 0.459 e. The van der Waals surface area contributed by atoms with Crippen molar-refractivity contribution in [1.29, 1.82) is 0 Å². The second-order valence-corrected chi connectivity index (χ2v) is 6.77. The van der Waals surface area contributed by atoms with Crippen molar-refractivity contribution in [3.63, 3.8) is 0 Å². The van der Waals surface area contributed by atoms with E-state index in [9.17, 15) is 14.4 Å². The Labute approximate surface area is 145 Å². The summed E-state index contributed by atoms with van der Waals surface area (Å²) in [6, 6.07) is 2.59. The summed E-state index contributed by atoms with van der Waals surface area (Å²) in [7, 11) is 0. The Morgan fingerprint density at radius 3 is 2.67 bits per heavy atom. The highest BCUT2D eigenvalue weighted by molar-refractivity contribution is 7.98. The quantitative estimate of drug-likeness (QED) is 0.756. The number of nitrogens with one attached hydrogen (secondary N) is 1. The molecule has 0 bridgehead atoms. The average Bonchev–Trinajstić information content (AvgIpc) is 3.12.